The monoisotopic (exact) mass is 344 g/mol. The summed E-state index contributed by atoms with van der Waals surface area (Å²) in [5.41, 5.74) is 3.85. The van der Waals surface area contributed by atoms with E-state index in [-0.39, 0.29) is 0 Å². The lowest BCUT2D eigenvalue weighted by atomic mass is 10.1. The number of nitrogens with zero attached hydrogens (tertiary/aromatic N) is 3. The normalized spacial score (nSPS) is 10.2. The van der Waals surface area contributed by atoms with E-state index in [2.05, 4.69) is 21.4 Å². The molecule has 0 fully saturated rings. The number of rotatable bonds is 6. The Balaban J connectivity index is 1.74. The minimum atomic E-state index is 0.509. The first kappa shape index (κ1) is 17.4. The van der Waals surface area contributed by atoms with Crippen LogP contribution in [0.2, 0.25) is 0 Å². The van der Waals surface area contributed by atoms with Gasteiger partial charge in [-0.3, -0.25) is 4.98 Å². The number of nitriles is 1. The van der Waals surface area contributed by atoms with Gasteiger partial charge in [0.25, 0.3) is 0 Å². The van der Waals surface area contributed by atoms with Gasteiger partial charge < -0.3 is 10.1 Å². The van der Waals surface area contributed by atoms with Crippen LogP contribution in [0, 0.1) is 25.2 Å². The fourth-order valence-corrected chi connectivity index (χ4v) is 2.60. The standard InChI is InChI=1S/C21H20N4O/c1-15-8-9-20(16(2)24-15)26-19-10-12-23-21(14-19)25-18-7-3-5-17(13-18)6-4-11-22/h3,5,7-10,12-14H,4,6H2,1-2H3,(H,23,25). The van der Waals surface area contributed by atoms with Crippen molar-refractivity contribution < 1.29 is 4.74 Å². The Hall–Kier alpha value is -3.39. The molecule has 0 spiro atoms. The van der Waals surface area contributed by atoms with Crippen LogP contribution in [0.4, 0.5) is 11.5 Å². The van der Waals surface area contributed by atoms with Gasteiger partial charge in [-0.05, 0) is 56.2 Å². The van der Waals surface area contributed by atoms with Crippen molar-refractivity contribution in [2.24, 2.45) is 0 Å². The maximum Gasteiger partial charge on any atom is 0.148 e. The molecule has 5 nitrogen and oxygen atoms in total. The molecule has 3 rings (SSSR count). The quantitative estimate of drug-likeness (QED) is 0.675. The molecule has 0 radical (unpaired) electrons. The number of hydrogen-bond donors (Lipinski definition) is 1. The first-order valence-corrected chi connectivity index (χ1v) is 8.45. The van der Waals surface area contributed by atoms with Crippen LogP contribution in [-0.2, 0) is 6.42 Å². The summed E-state index contributed by atoms with van der Waals surface area (Å²) < 4.78 is 5.94. The topological polar surface area (TPSA) is 70.8 Å². The number of hydrogen-bond acceptors (Lipinski definition) is 5. The van der Waals surface area contributed by atoms with E-state index in [9.17, 15) is 0 Å². The maximum atomic E-state index is 8.72. The van der Waals surface area contributed by atoms with Crippen molar-refractivity contribution in [3.63, 3.8) is 0 Å². The second-order valence-electron chi connectivity index (χ2n) is 6.00. The zero-order valence-corrected chi connectivity index (χ0v) is 14.9. The summed E-state index contributed by atoms with van der Waals surface area (Å²) in [6.07, 6.45) is 2.95. The molecule has 0 amide bonds. The number of pyridine rings is 2. The number of anilines is 2. The van der Waals surface area contributed by atoms with Crippen molar-refractivity contribution in [2.45, 2.75) is 26.7 Å². The van der Waals surface area contributed by atoms with Gasteiger partial charge in [-0.2, -0.15) is 5.26 Å². The van der Waals surface area contributed by atoms with Gasteiger partial charge >= 0.3 is 0 Å². The smallest absolute Gasteiger partial charge is 0.148 e. The Morgan fingerprint density at radius 3 is 2.81 bits per heavy atom. The molecule has 0 atom stereocenters. The molecule has 1 N–H and O–H groups in total. The van der Waals surface area contributed by atoms with Crippen LogP contribution in [0.5, 0.6) is 11.5 Å². The number of ether oxygens (including phenoxy) is 1. The van der Waals surface area contributed by atoms with E-state index in [0.717, 1.165) is 34.8 Å². The molecule has 0 aliphatic rings. The Morgan fingerprint density at radius 1 is 1.12 bits per heavy atom. The van der Waals surface area contributed by atoms with Crippen molar-refractivity contribution in [1.82, 2.24) is 9.97 Å². The molecule has 0 aliphatic carbocycles. The molecular formula is C21H20N4O. The van der Waals surface area contributed by atoms with E-state index in [0.29, 0.717) is 18.0 Å². The predicted molar refractivity (Wildman–Crippen MR) is 102 cm³/mol. The Bertz CT molecular complexity index is 947. The average molecular weight is 344 g/mol. The second-order valence-corrected chi connectivity index (χ2v) is 6.00. The summed E-state index contributed by atoms with van der Waals surface area (Å²) in [6, 6.07) is 17.7. The van der Waals surface area contributed by atoms with Gasteiger partial charge in [-0.25, -0.2) is 4.98 Å². The fourth-order valence-electron chi connectivity index (χ4n) is 2.60. The number of aryl methyl sites for hydroxylation is 3. The van der Waals surface area contributed by atoms with Crippen LogP contribution in [0.3, 0.4) is 0 Å². The molecule has 26 heavy (non-hydrogen) atoms. The molecule has 5 heteroatoms. The van der Waals surface area contributed by atoms with Crippen molar-refractivity contribution >= 4 is 11.5 Å². The molecule has 2 aromatic heterocycles. The van der Waals surface area contributed by atoms with Gasteiger partial charge in [0.1, 0.15) is 17.3 Å². The van der Waals surface area contributed by atoms with E-state index in [1.807, 2.05) is 62.4 Å². The van der Waals surface area contributed by atoms with Crippen molar-refractivity contribution in [3.05, 3.63) is 71.7 Å². The lowest BCUT2D eigenvalue weighted by Gasteiger charge is -2.11. The Kier molecular flexibility index (Phi) is 5.45. The van der Waals surface area contributed by atoms with Gasteiger partial charge in [-0.1, -0.05) is 12.1 Å². The minimum Gasteiger partial charge on any atom is -0.455 e. The van der Waals surface area contributed by atoms with E-state index >= 15 is 0 Å². The molecule has 130 valence electrons. The van der Waals surface area contributed by atoms with Crippen LogP contribution >= 0.6 is 0 Å². The van der Waals surface area contributed by atoms with Crippen LogP contribution in [0.15, 0.2) is 54.7 Å². The van der Waals surface area contributed by atoms with Crippen LogP contribution in [0.25, 0.3) is 0 Å². The zero-order chi connectivity index (χ0) is 18.4. The molecule has 0 unspecified atom stereocenters. The zero-order valence-electron chi connectivity index (χ0n) is 14.9. The maximum absolute atomic E-state index is 8.72. The molecule has 0 bridgehead atoms. The summed E-state index contributed by atoms with van der Waals surface area (Å²) in [4.78, 5) is 8.76. The molecule has 0 aliphatic heterocycles. The lowest BCUT2D eigenvalue weighted by Crippen LogP contribution is -1.96. The van der Waals surface area contributed by atoms with E-state index in [4.69, 9.17) is 10.00 Å². The van der Waals surface area contributed by atoms with Crippen molar-refractivity contribution in [3.8, 4) is 17.6 Å². The molecular weight excluding hydrogens is 324 g/mol. The highest BCUT2D eigenvalue weighted by atomic mass is 16.5. The molecule has 2 heterocycles. The molecule has 0 saturated heterocycles. The fraction of sp³-hybridized carbons (Fsp3) is 0.190. The summed E-state index contributed by atoms with van der Waals surface area (Å²) in [5, 5.41) is 12.0. The number of benzene rings is 1. The highest BCUT2D eigenvalue weighted by Crippen LogP contribution is 2.26. The molecule has 0 saturated carbocycles. The molecule has 3 aromatic rings. The average Bonchev–Trinajstić information content (AvgIpc) is 2.63. The highest BCUT2D eigenvalue weighted by Gasteiger charge is 2.05. The van der Waals surface area contributed by atoms with E-state index in [1.54, 1.807) is 6.20 Å². The first-order chi connectivity index (χ1) is 12.6. The number of aromatic nitrogens is 2. The number of nitrogens with one attached hydrogen (secondary N) is 1. The highest BCUT2D eigenvalue weighted by molar-refractivity contribution is 5.58. The Morgan fingerprint density at radius 2 is 2.00 bits per heavy atom. The largest absolute Gasteiger partial charge is 0.455 e. The summed E-state index contributed by atoms with van der Waals surface area (Å²) in [6.45, 7) is 3.88. The lowest BCUT2D eigenvalue weighted by molar-refractivity contribution is 0.475. The van der Waals surface area contributed by atoms with Crippen LogP contribution in [-0.4, -0.2) is 9.97 Å². The van der Waals surface area contributed by atoms with Gasteiger partial charge in [0.05, 0.1) is 11.8 Å². The van der Waals surface area contributed by atoms with Gasteiger partial charge in [-0.15, -0.1) is 0 Å². The van der Waals surface area contributed by atoms with E-state index in [1.165, 1.54) is 0 Å². The minimum absolute atomic E-state index is 0.509. The van der Waals surface area contributed by atoms with Gasteiger partial charge in [0, 0.05) is 30.1 Å². The molecule has 1 aromatic carbocycles. The second kappa shape index (κ2) is 8.13. The third-order valence-corrected chi connectivity index (χ3v) is 3.86. The van der Waals surface area contributed by atoms with Crippen LogP contribution < -0.4 is 10.1 Å². The SMILES string of the molecule is Cc1ccc(Oc2ccnc(Nc3cccc(CCC#N)c3)c2)c(C)n1. The third kappa shape index (κ3) is 4.58. The third-order valence-electron chi connectivity index (χ3n) is 3.86. The Labute approximate surface area is 153 Å². The predicted octanol–water partition coefficient (Wildman–Crippen LogP) is 5.09. The van der Waals surface area contributed by atoms with Crippen molar-refractivity contribution in [1.29, 1.82) is 5.26 Å². The van der Waals surface area contributed by atoms with Crippen molar-refractivity contribution in [2.75, 3.05) is 5.32 Å². The summed E-state index contributed by atoms with van der Waals surface area (Å²) in [7, 11) is 0. The van der Waals surface area contributed by atoms with Gasteiger partial charge in [0.2, 0.25) is 0 Å². The van der Waals surface area contributed by atoms with Crippen LogP contribution in [0.1, 0.15) is 23.4 Å². The van der Waals surface area contributed by atoms with Gasteiger partial charge in [0.15, 0.2) is 0 Å². The van der Waals surface area contributed by atoms with E-state index < -0.39 is 0 Å². The summed E-state index contributed by atoms with van der Waals surface area (Å²) >= 11 is 0. The summed E-state index contributed by atoms with van der Waals surface area (Å²) in [5.74, 6) is 2.11. The first-order valence-electron chi connectivity index (χ1n) is 8.45.